The van der Waals surface area contributed by atoms with Crippen LogP contribution in [-0.4, -0.2) is 30.0 Å². The number of carbonyl (C=O) groups is 1. The van der Waals surface area contributed by atoms with E-state index in [4.69, 9.17) is 16.3 Å². The predicted octanol–water partition coefficient (Wildman–Crippen LogP) is 4.04. The van der Waals surface area contributed by atoms with Gasteiger partial charge in [0.25, 0.3) is 0 Å². The molecular weight excluding hydrogens is 314 g/mol. The number of aliphatic hydroxyl groups is 1. The van der Waals surface area contributed by atoms with E-state index >= 15 is 0 Å². The Balaban J connectivity index is 2.82. The third kappa shape index (κ3) is 6.40. The second-order valence-electron chi connectivity index (χ2n) is 7.33. The lowest BCUT2D eigenvalue weighted by Crippen LogP contribution is -2.46. The van der Waals surface area contributed by atoms with Crippen LogP contribution in [0.3, 0.4) is 0 Å². The molecular formula is C18H28ClNO3. The molecule has 0 saturated heterocycles. The fourth-order valence-electron chi connectivity index (χ4n) is 2.34. The van der Waals surface area contributed by atoms with Crippen molar-refractivity contribution in [3.05, 3.63) is 34.9 Å². The average molecular weight is 342 g/mol. The van der Waals surface area contributed by atoms with Gasteiger partial charge in [0.05, 0.1) is 6.61 Å². The molecule has 0 aliphatic heterocycles. The number of ether oxygens (including phenoxy) is 1. The van der Waals surface area contributed by atoms with Crippen molar-refractivity contribution in [1.29, 1.82) is 0 Å². The van der Waals surface area contributed by atoms with Crippen LogP contribution in [0.15, 0.2) is 24.3 Å². The third-order valence-electron chi connectivity index (χ3n) is 3.99. The van der Waals surface area contributed by atoms with Gasteiger partial charge in [-0.25, -0.2) is 4.79 Å². The first-order valence-corrected chi connectivity index (χ1v) is 8.28. The van der Waals surface area contributed by atoms with E-state index in [9.17, 15) is 9.90 Å². The van der Waals surface area contributed by atoms with Gasteiger partial charge in [-0.2, -0.15) is 0 Å². The Morgan fingerprint density at radius 2 is 1.83 bits per heavy atom. The average Bonchev–Trinajstić information content (AvgIpc) is 2.43. The van der Waals surface area contributed by atoms with Crippen LogP contribution in [0.4, 0.5) is 4.79 Å². The van der Waals surface area contributed by atoms with E-state index in [1.807, 2.05) is 58.9 Å². The number of amides is 1. The van der Waals surface area contributed by atoms with Crippen LogP contribution >= 0.6 is 11.6 Å². The summed E-state index contributed by atoms with van der Waals surface area (Å²) in [6, 6.07) is 7.56. The molecule has 23 heavy (non-hydrogen) atoms. The number of carbonyl (C=O) groups excluding carboxylic acids is 1. The largest absolute Gasteiger partial charge is 0.444 e. The Bertz CT molecular complexity index is 508. The minimum absolute atomic E-state index is 0.0247. The second kappa shape index (κ2) is 8.02. The number of hydrogen-bond acceptors (Lipinski definition) is 3. The number of aliphatic hydroxyl groups excluding tert-OH is 1. The summed E-state index contributed by atoms with van der Waals surface area (Å²) in [5.41, 5.74) is 0.0770. The molecule has 0 spiro atoms. The predicted molar refractivity (Wildman–Crippen MR) is 93.7 cm³/mol. The number of rotatable bonds is 6. The fraction of sp³-hybridized carbons (Fsp3) is 0.611. The number of halogens is 1. The van der Waals surface area contributed by atoms with E-state index in [2.05, 4.69) is 5.32 Å². The molecule has 0 fully saturated rings. The van der Waals surface area contributed by atoms with Gasteiger partial charge in [0, 0.05) is 17.0 Å². The van der Waals surface area contributed by atoms with Crippen molar-refractivity contribution in [2.24, 2.45) is 11.3 Å². The number of hydrogen-bond donors (Lipinski definition) is 2. The first kappa shape index (κ1) is 19.8. The van der Waals surface area contributed by atoms with Gasteiger partial charge in [-0.1, -0.05) is 37.6 Å². The Kier molecular flexibility index (Phi) is 6.90. The van der Waals surface area contributed by atoms with Crippen LogP contribution in [0.25, 0.3) is 0 Å². The van der Waals surface area contributed by atoms with Gasteiger partial charge in [0.15, 0.2) is 0 Å². The van der Waals surface area contributed by atoms with Gasteiger partial charge in [-0.15, -0.1) is 0 Å². The smallest absolute Gasteiger partial charge is 0.407 e. The lowest BCUT2D eigenvalue weighted by molar-refractivity contribution is 0.0394. The number of alkyl carbamates (subject to hydrolysis) is 1. The van der Waals surface area contributed by atoms with E-state index in [1.54, 1.807) is 0 Å². The van der Waals surface area contributed by atoms with E-state index < -0.39 is 17.1 Å². The molecule has 1 aromatic rings. The van der Waals surface area contributed by atoms with Crippen molar-refractivity contribution < 1.29 is 14.6 Å². The SMILES string of the molecule is CC(C)C(CO)(CNC(=O)OC(C)(C)C)Cc1ccc(Cl)cc1. The maximum Gasteiger partial charge on any atom is 0.407 e. The monoisotopic (exact) mass is 341 g/mol. The fourth-order valence-corrected chi connectivity index (χ4v) is 2.46. The van der Waals surface area contributed by atoms with Crippen LogP contribution in [0.5, 0.6) is 0 Å². The van der Waals surface area contributed by atoms with Crippen molar-refractivity contribution in [2.75, 3.05) is 13.2 Å². The molecule has 0 aliphatic rings. The summed E-state index contributed by atoms with van der Waals surface area (Å²) in [4.78, 5) is 11.9. The van der Waals surface area contributed by atoms with Crippen molar-refractivity contribution in [1.82, 2.24) is 5.32 Å². The molecule has 0 saturated carbocycles. The molecule has 0 heterocycles. The van der Waals surface area contributed by atoms with Crippen LogP contribution in [0.2, 0.25) is 5.02 Å². The first-order chi connectivity index (χ1) is 10.6. The highest BCUT2D eigenvalue weighted by molar-refractivity contribution is 6.30. The van der Waals surface area contributed by atoms with Gasteiger partial charge >= 0.3 is 6.09 Å². The standard InChI is InChI=1S/C18H28ClNO3/c1-13(2)18(12-21,10-14-6-8-15(19)9-7-14)11-20-16(22)23-17(3,4)5/h6-9,13,21H,10-12H2,1-5H3,(H,20,22). The van der Waals surface area contributed by atoms with Crippen LogP contribution in [0, 0.1) is 11.3 Å². The summed E-state index contributed by atoms with van der Waals surface area (Å²) in [7, 11) is 0. The zero-order chi connectivity index (χ0) is 17.7. The van der Waals surface area contributed by atoms with Gasteiger partial charge < -0.3 is 15.2 Å². The van der Waals surface area contributed by atoms with Gasteiger partial charge in [-0.05, 0) is 50.8 Å². The number of benzene rings is 1. The van der Waals surface area contributed by atoms with Crippen molar-refractivity contribution in [3.8, 4) is 0 Å². The van der Waals surface area contributed by atoms with E-state index in [-0.39, 0.29) is 12.5 Å². The van der Waals surface area contributed by atoms with Crippen molar-refractivity contribution >= 4 is 17.7 Å². The first-order valence-electron chi connectivity index (χ1n) is 7.90. The van der Waals surface area contributed by atoms with E-state index in [0.29, 0.717) is 18.0 Å². The van der Waals surface area contributed by atoms with Crippen molar-refractivity contribution in [3.63, 3.8) is 0 Å². The highest BCUT2D eigenvalue weighted by atomic mass is 35.5. The lowest BCUT2D eigenvalue weighted by atomic mass is 9.73. The summed E-state index contributed by atoms with van der Waals surface area (Å²) >= 11 is 5.92. The molecule has 1 atom stereocenters. The molecule has 1 unspecified atom stereocenters. The molecule has 1 amide bonds. The molecule has 2 N–H and O–H groups in total. The van der Waals surface area contributed by atoms with Gasteiger partial charge in [0.2, 0.25) is 0 Å². The van der Waals surface area contributed by atoms with Crippen LogP contribution in [-0.2, 0) is 11.2 Å². The zero-order valence-corrected chi connectivity index (χ0v) is 15.4. The summed E-state index contributed by atoms with van der Waals surface area (Å²) < 4.78 is 5.27. The van der Waals surface area contributed by atoms with Crippen LogP contribution < -0.4 is 5.32 Å². The maximum absolute atomic E-state index is 11.9. The summed E-state index contributed by atoms with van der Waals surface area (Å²) in [5, 5.41) is 13.5. The Morgan fingerprint density at radius 1 is 1.26 bits per heavy atom. The molecule has 0 aliphatic carbocycles. The quantitative estimate of drug-likeness (QED) is 0.820. The minimum atomic E-state index is -0.542. The molecule has 1 rings (SSSR count). The summed E-state index contributed by atoms with van der Waals surface area (Å²) in [6.45, 7) is 9.87. The maximum atomic E-state index is 11.9. The Labute approximate surface area is 144 Å². The second-order valence-corrected chi connectivity index (χ2v) is 7.77. The minimum Gasteiger partial charge on any atom is -0.444 e. The molecule has 1 aromatic carbocycles. The normalized spacial score (nSPS) is 14.4. The third-order valence-corrected chi connectivity index (χ3v) is 4.24. The highest BCUT2D eigenvalue weighted by Gasteiger charge is 2.34. The summed E-state index contributed by atoms with van der Waals surface area (Å²) in [5.74, 6) is 0.179. The van der Waals surface area contributed by atoms with Gasteiger partial charge in [0.1, 0.15) is 5.60 Å². The highest BCUT2D eigenvalue weighted by Crippen LogP contribution is 2.31. The van der Waals surface area contributed by atoms with E-state index in [0.717, 1.165) is 5.56 Å². The molecule has 5 heteroatoms. The van der Waals surface area contributed by atoms with E-state index in [1.165, 1.54) is 0 Å². The Hall–Kier alpha value is -1.26. The van der Waals surface area contributed by atoms with Crippen LogP contribution in [0.1, 0.15) is 40.2 Å². The lowest BCUT2D eigenvalue weighted by Gasteiger charge is -2.36. The molecule has 0 aromatic heterocycles. The number of nitrogens with one attached hydrogen (secondary N) is 1. The molecule has 0 radical (unpaired) electrons. The zero-order valence-electron chi connectivity index (χ0n) is 14.6. The molecule has 0 bridgehead atoms. The topological polar surface area (TPSA) is 58.6 Å². The molecule has 130 valence electrons. The van der Waals surface area contributed by atoms with Gasteiger partial charge in [-0.3, -0.25) is 0 Å². The molecule has 4 nitrogen and oxygen atoms in total. The van der Waals surface area contributed by atoms with Crippen molar-refractivity contribution in [2.45, 2.75) is 46.6 Å². The Morgan fingerprint density at radius 3 is 2.26 bits per heavy atom. The summed E-state index contributed by atoms with van der Waals surface area (Å²) in [6.07, 6.45) is 0.181.